The van der Waals surface area contributed by atoms with Crippen molar-refractivity contribution in [2.45, 2.75) is 0 Å². The quantitative estimate of drug-likeness (QED) is 0.154. The van der Waals surface area contributed by atoms with Gasteiger partial charge in [-0.25, -0.2) is 10.2 Å². The number of hydrazone groups is 1. The molecule has 0 saturated carbocycles. The average molecular weight is 516 g/mol. The predicted molar refractivity (Wildman–Crippen MR) is 141 cm³/mol. The minimum Gasteiger partial charge on any atom is -0.497 e. The van der Waals surface area contributed by atoms with Crippen LogP contribution in [0.2, 0.25) is 5.02 Å². The van der Waals surface area contributed by atoms with Gasteiger partial charge in [-0.2, -0.15) is 5.10 Å². The van der Waals surface area contributed by atoms with E-state index in [9.17, 15) is 14.4 Å². The first-order chi connectivity index (χ1) is 17.9. The second-order valence-corrected chi connectivity index (χ2v) is 8.24. The molecule has 186 valence electrons. The number of nitrogens with one attached hydrogen (secondary N) is 2. The third-order valence-corrected chi connectivity index (χ3v) is 5.61. The van der Waals surface area contributed by atoms with Crippen LogP contribution in [0.25, 0.3) is 10.8 Å². The summed E-state index contributed by atoms with van der Waals surface area (Å²) in [5.74, 6) is -0.613. The molecule has 0 aliphatic heterocycles. The van der Waals surface area contributed by atoms with Crippen LogP contribution < -0.4 is 20.2 Å². The zero-order valence-corrected chi connectivity index (χ0v) is 20.5. The zero-order valence-electron chi connectivity index (χ0n) is 19.7. The number of rotatable bonds is 8. The maximum Gasteiger partial charge on any atom is 0.343 e. The molecule has 9 heteroatoms. The summed E-state index contributed by atoms with van der Waals surface area (Å²) in [6.07, 6.45) is 1.40. The molecule has 0 spiro atoms. The molecule has 4 rings (SSSR count). The van der Waals surface area contributed by atoms with Crippen LogP contribution in [0, 0.1) is 0 Å². The summed E-state index contributed by atoms with van der Waals surface area (Å²) in [6.45, 7) is -0.284. The van der Waals surface area contributed by atoms with Crippen molar-refractivity contribution in [1.82, 2.24) is 10.7 Å². The summed E-state index contributed by atoms with van der Waals surface area (Å²) < 4.78 is 10.8. The molecule has 2 amide bonds. The van der Waals surface area contributed by atoms with Crippen molar-refractivity contribution in [2.75, 3.05) is 13.7 Å². The van der Waals surface area contributed by atoms with Crippen LogP contribution >= 0.6 is 11.6 Å². The van der Waals surface area contributed by atoms with Gasteiger partial charge in [0.1, 0.15) is 11.5 Å². The Labute approximate surface area is 217 Å². The minimum atomic E-state index is -0.554. The molecule has 0 heterocycles. The van der Waals surface area contributed by atoms with Gasteiger partial charge >= 0.3 is 5.97 Å². The summed E-state index contributed by atoms with van der Waals surface area (Å²) in [5.41, 5.74) is 3.61. The fraction of sp³-hybridized carbons (Fsp3) is 0.0714. The SMILES string of the molecule is COc1ccc(C(=O)Oc2ccc3ccccc3c2/C=N\NC(=O)CNC(=O)c2ccc(Cl)cc2)cc1. The maximum atomic E-state index is 12.7. The smallest absolute Gasteiger partial charge is 0.343 e. The number of halogens is 1. The van der Waals surface area contributed by atoms with Crippen LogP contribution in [-0.2, 0) is 4.79 Å². The van der Waals surface area contributed by atoms with Gasteiger partial charge in [0.25, 0.3) is 11.8 Å². The Kier molecular flexibility index (Phi) is 8.12. The van der Waals surface area contributed by atoms with Crippen LogP contribution in [0.4, 0.5) is 0 Å². The lowest BCUT2D eigenvalue weighted by Gasteiger charge is -2.11. The molecule has 4 aromatic rings. The maximum absolute atomic E-state index is 12.7. The van der Waals surface area contributed by atoms with Crippen molar-refractivity contribution in [2.24, 2.45) is 5.10 Å². The van der Waals surface area contributed by atoms with Gasteiger partial charge in [0.2, 0.25) is 0 Å². The highest BCUT2D eigenvalue weighted by molar-refractivity contribution is 6.30. The first-order valence-corrected chi connectivity index (χ1v) is 11.6. The second kappa shape index (κ2) is 11.8. The van der Waals surface area contributed by atoms with Crippen molar-refractivity contribution in [3.8, 4) is 11.5 Å². The number of benzene rings is 4. The molecule has 0 aliphatic rings. The number of carbonyl (C=O) groups is 3. The number of amides is 2. The molecule has 0 unspecified atom stereocenters. The largest absolute Gasteiger partial charge is 0.497 e. The normalized spacial score (nSPS) is 10.8. The van der Waals surface area contributed by atoms with Crippen LogP contribution in [0.1, 0.15) is 26.3 Å². The predicted octanol–water partition coefficient (Wildman–Crippen LogP) is 4.60. The Morgan fingerprint density at radius 2 is 1.59 bits per heavy atom. The third kappa shape index (κ3) is 6.50. The van der Waals surface area contributed by atoms with Crippen LogP contribution in [0.15, 0.2) is 90.0 Å². The van der Waals surface area contributed by atoms with Gasteiger partial charge in [0, 0.05) is 16.1 Å². The van der Waals surface area contributed by atoms with E-state index < -0.39 is 17.8 Å². The summed E-state index contributed by atoms with van der Waals surface area (Å²) in [6, 6.07) is 23.8. The van der Waals surface area contributed by atoms with E-state index in [0.717, 1.165) is 10.8 Å². The summed E-state index contributed by atoms with van der Waals surface area (Å²) >= 11 is 5.83. The lowest BCUT2D eigenvalue weighted by molar-refractivity contribution is -0.120. The molecule has 2 N–H and O–H groups in total. The highest BCUT2D eigenvalue weighted by atomic mass is 35.5. The van der Waals surface area contributed by atoms with Crippen molar-refractivity contribution in [3.63, 3.8) is 0 Å². The number of ether oxygens (including phenoxy) is 2. The van der Waals surface area contributed by atoms with E-state index in [4.69, 9.17) is 21.1 Å². The van der Waals surface area contributed by atoms with E-state index in [2.05, 4.69) is 15.8 Å². The monoisotopic (exact) mass is 515 g/mol. The molecule has 4 aromatic carbocycles. The number of hydrogen-bond donors (Lipinski definition) is 2. The fourth-order valence-corrected chi connectivity index (χ4v) is 3.58. The molecule has 0 fully saturated rings. The standard InChI is InChI=1S/C28H22ClN3O5/c1-36-22-13-8-20(9-14-22)28(35)37-25-15-10-18-4-2-3-5-23(18)24(25)16-31-32-26(33)17-30-27(34)19-6-11-21(29)12-7-19/h2-16H,17H2,1H3,(H,30,34)(H,32,33)/b31-16-. The van der Waals surface area contributed by atoms with Gasteiger partial charge in [-0.05, 0) is 65.4 Å². The van der Waals surface area contributed by atoms with E-state index in [1.165, 1.54) is 6.21 Å². The number of fused-ring (bicyclic) bond motifs is 1. The minimum absolute atomic E-state index is 0.272. The van der Waals surface area contributed by atoms with Crippen molar-refractivity contribution < 1.29 is 23.9 Å². The Morgan fingerprint density at radius 3 is 2.32 bits per heavy atom. The van der Waals surface area contributed by atoms with E-state index in [1.807, 2.05) is 30.3 Å². The van der Waals surface area contributed by atoms with Gasteiger partial charge in [0.05, 0.1) is 25.4 Å². The Bertz CT molecular complexity index is 1470. The van der Waals surface area contributed by atoms with Crippen LogP contribution in [0.3, 0.4) is 0 Å². The number of hydrogen-bond acceptors (Lipinski definition) is 6. The molecule has 0 radical (unpaired) electrons. The third-order valence-electron chi connectivity index (χ3n) is 5.36. The highest BCUT2D eigenvalue weighted by Crippen LogP contribution is 2.27. The molecule has 0 aliphatic carbocycles. The number of methoxy groups -OCH3 is 1. The number of carbonyl (C=O) groups excluding carboxylic acids is 3. The molecular weight excluding hydrogens is 494 g/mol. The average Bonchev–Trinajstić information content (AvgIpc) is 2.93. The van der Waals surface area contributed by atoms with Crippen molar-refractivity contribution in [1.29, 1.82) is 0 Å². The van der Waals surface area contributed by atoms with Gasteiger partial charge < -0.3 is 14.8 Å². The van der Waals surface area contributed by atoms with Crippen molar-refractivity contribution >= 4 is 46.4 Å². The highest BCUT2D eigenvalue weighted by Gasteiger charge is 2.14. The van der Waals surface area contributed by atoms with E-state index >= 15 is 0 Å². The van der Waals surface area contributed by atoms with Gasteiger partial charge in [-0.3, -0.25) is 9.59 Å². The Hall–Kier alpha value is -4.69. The first kappa shape index (κ1) is 25.4. The molecule has 8 nitrogen and oxygen atoms in total. The van der Waals surface area contributed by atoms with E-state index in [1.54, 1.807) is 61.7 Å². The summed E-state index contributed by atoms with van der Waals surface area (Å²) in [4.78, 5) is 37.1. The van der Waals surface area contributed by atoms with Gasteiger partial charge in [0.15, 0.2) is 0 Å². The van der Waals surface area contributed by atoms with E-state index in [0.29, 0.717) is 27.5 Å². The molecule has 0 bridgehead atoms. The zero-order chi connectivity index (χ0) is 26.2. The lowest BCUT2D eigenvalue weighted by atomic mass is 10.0. The van der Waals surface area contributed by atoms with Gasteiger partial charge in [-0.15, -0.1) is 0 Å². The molecule has 37 heavy (non-hydrogen) atoms. The van der Waals surface area contributed by atoms with Crippen LogP contribution in [0.5, 0.6) is 11.5 Å². The number of nitrogens with zero attached hydrogens (tertiary/aromatic N) is 1. The van der Waals surface area contributed by atoms with Crippen molar-refractivity contribution in [3.05, 3.63) is 107 Å². The Morgan fingerprint density at radius 1 is 0.892 bits per heavy atom. The summed E-state index contributed by atoms with van der Waals surface area (Å²) in [7, 11) is 1.54. The first-order valence-electron chi connectivity index (χ1n) is 11.2. The summed E-state index contributed by atoms with van der Waals surface area (Å²) in [5, 5.41) is 8.71. The van der Waals surface area contributed by atoms with Gasteiger partial charge in [-0.1, -0.05) is 41.9 Å². The Balaban J connectivity index is 1.46. The molecule has 0 atom stereocenters. The number of esters is 1. The second-order valence-electron chi connectivity index (χ2n) is 7.80. The van der Waals surface area contributed by atoms with E-state index in [-0.39, 0.29) is 12.3 Å². The molecular formula is C28H22ClN3O5. The molecule has 0 aromatic heterocycles. The lowest BCUT2D eigenvalue weighted by Crippen LogP contribution is -2.34. The fourth-order valence-electron chi connectivity index (χ4n) is 3.46. The van der Waals surface area contributed by atoms with Crippen LogP contribution in [-0.4, -0.2) is 37.7 Å². The molecule has 0 saturated heterocycles. The topological polar surface area (TPSA) is 106 Å².